The first kappa shape index (κ1) is 19.6. The molecule has 1 aromatic rings. The second kappa shape index (κ2) is 10.3. The van der Waals surface area contributed by atoms with Gasteiger partial charge < -0.3 is 15.4 Å². The van der Waals surface area contributed by atoms with Crippen LogP contribution in [0.15, 0.2) is 18.2 Å². The number of hydrogen-bond donors (Lipinski definition) is 2. The number of rotatable bonds is 8. The number of amides is 2. The lowest BCUT2D eigenvalue weighted by Crippen LogP contribution is -2.39. The number of ether oxygens (including phenoxy) is 1. The van der Waals surface area contributed by atoms with E-state index in [1.165, 1.54) is 19.3 Å². The number of carbonyl (C=O) groups is 2. The Morgan fingerprint density at radius 1 is 1.16 bits per heavy atom. The predicted octanol–water partition coefficient (Wildman–Crippen LogP) is 3.41. The first-order valence-corrected chi connectivity index (χ1v) is 9.43. The Kier molecular flexibility index (Phi) is 8.06. The van der Waals surface area contributed by atoms with Gasteiger partial charge in [0.05, 0.1) is 6.54 Å². The fourth-order valence-corrected chi connectivity index (χ4v) is 3.26. The van der Waals surface area contributed by atoms with Gasteiger partial charge in [-0.05, 0) is 48.9 Å². The molecule has 1 aliphatic rings. The third kappa shape index (κ3) is 6.58. The lowest BCUT2D eigenvalue weighted by atomic mass is 9.84. The molecule has 1 fully saturated rings. The number of benzene rings is 1. The lowest BCUT2D eigenvalue weighted by Gasteiger charge is -2.24. The fraction of sp³-hybridized carbons (Fsp3) is 0.579. The molecule has 2 rings (SSSR count). The Bertz CT molecular complexity index is 586. The lowest BCUT2D eigenvalue weighted by molar-refractivity contribution is -0.127. The molecular weight excluding hydrogens is 340 g/mol. The number of nitrogens with one attached hydrogen (secondary N) is 2. The molecule has 0 atom stereocenters. The molecule has 1 aromatic carbocycles. The molecule has 0 radical (unpaired) electrons. The van der Waals surface area contributed by atoms with Crippen LogP contribution >= 0.6 is 11.6 Å². The Morgan fingerprint density at radius 2 is 1.92 bits per heavy atom. The van der Waals surface area contributed by atoms with Crippen molar-refractivity contribution in [1.29, 1.82) is 0 Å². The van der Waals surface area contributed by atoms with Crippen LogP contribution in [0.2, 0.25) is 5.02 Å². The molecule has 2 N–H and O–H groups in total. The van der Waals surface area contributed by atoms with E-state index in [9.17, 15) is 9.59 Å². The quantitative estimate of drug-likeness (QED) is 0.740. The molecule has 5 nitrogen and oxygen atoms in total. The van der Waals surface area contributed by atoms with Crippen molar-refractivity contribution in [2.75, 3.05) is 19.7 Å². The molecule has 0 spiro atoms. The Labute approximate surface area is 154 Å². The van der Waals surface area contributed by atoms with E-state index in [4.69, 9.17) is 16.3 Å². The van der Waals surface area contributed by atoms with Crippen molar-refractivity contribution in [1.82, 2.24) is 10.6 Å². The first-order chi connectivity index (χ1) is 12.1. The van der Waals surface area contributed by atoms with Crippen LogP contribution in [-0.4, -0.2) is 31.5 Å². The summed E-state index contributed by atoms with van der Waals surface area (Å²) < 4.78 is 5.72. The zero-order valence-corrected chi connectivity index (χ0v) is 15.5. The van der Waals surface area contributed by atoms with E-state index < -0.39 is 0 Å². The third-order valence-corrected chi connectivity index (χ3v) is 4.63. The summed E-state index contributed by atoms with van der Waals surface area (Å²) in [4.78, 5) is 23.4. The molecular formula is C19H27ClN2O3. The van der Waals surface area contributed by atoms with E-state index in [1.54, 1.807) is 6.07 Å². The van der Waals surface area contributed by atoms with Gasteiger partial charge in [-0.15, -0.1) is 0 Å². The molecule has 1 saturated carbocycles. The highest BCUT2D eigenvalue weighted by Crippen LogP contribution is 2.38. The molecule has 6 heteroatoms. The number of carbonyl (C=O) groups excluding carboxylic acids is 2. The Hall–Kier alpha value is -1.75. The largest absolute Gasteiger partial charge is 0.483 e. The summed E-state index contributed by atoms with van der Waals surface area (Å²) >= 11 is 6.15. The molecule has 2 amide bonds. The molecule has 0 heterocycles. The maximum atomic E-state index is 11.9. The zero-order valence-electron chi connectivity index (χ0n) is 14.8. The van der Waals surface area contributed by atoms with Crippen LogP contribution in [0.3, 0.4) is 0 Å². The van der Waals surface area contributed by atoms with Crippen molar-refractivity contribution in [2.45, 2.75) is 51.4 Å². The zero-order chi connectivity index (χ0) is 18.1. The van der Waals surface area contributed by atoms with Crippen molar-refractivity contribution in [3.8, 4) is 5.75 Å². The average Bonchev–Trinajstić information content (AvgIpc) is 2.64. The van der Waals surface area contributed by atoms with Gasteiger partial charge in [0.25, 0.3) is 5.91 Å². The van der Waals surface area contributed by atoms with Gasteiger partial charge in [-0.2, -0.15) is 0 Å². The van der Waals surface area contributed by atoms with Gasteiger partial charge in [0.2, 0.25) is 5.91 Å². The van der Waals surface area contributed by atoms with E-state index in [0.29, 0.717) is 23.2 Å². The van der Waals surface area contributed by atoms with Crippen LogP contribution in [0.5, 0.6) is 5.75 Å². The smallest absolute Gasteiger partial charge is 0.258 e. The second-order valence-electron chi connectivity index (χ2n) is 6.43. The van der Waals surface area contributed by atoms with Gasteiger partial charge in [-0.1, -0.05) is 37.8 Å². The normalized spacial score (nSPS) is 14.8. The monoisotopic (exact) mass is 366 g/mol. The van der Waals surface area contributed by atoms with E-state index in [1.807, 2.05) is 19.1 Å². The van der Waals surface area contributed by atoms with Crippen LogP contribution < -0.4 is 15.4 Å². The van der Waals surface area contributed by atoms with Gasteiger partial charge in [0, 0.05) is 11.6 Å². The summed E-state index contributed by atoms with van der Waals surface area (Å²) in [6, 6.07) is 5.55. The highest BCUT2D eigenvalue weighted by Gasteiger charge is 2.20. The minimum atomic E-state index is -0.309. The first-order valence-electron chi connectivity index (χ1n) is 9.05. The van der Waals surface area contributed by atoms with E-state index in [-0.39, 0.29) is 25.0 Å². The molecule has 0 bridgehead atoms. The van der Waals surface area contributed by atoms with Crippen LogP contribution in [-0.2, 0) is 9.59 Å². The van der Waals surface area contributed by atoms with Crippen LogP contribution in [0.1, 0.15) is 56.9 Å². The summed E-state index contributed by atoms with van der Waals surface area (Å²) in [6.07, 6.45) is 6.81. The highest BCUT2D eigenvalue weighted by molar-refractivity contribution is 6.30. The average molecular weight is 367 g/mol. The third-order valence-electron chi connectivity index (χ3n) is 4.39. The molecule has 138 valence electrons. The van der Waals surface area contributed by atoms with Crippen LogP contribution in [0, 0.1) is 0 Å². The van der Waals surface area contributed by atoms with Gasteiger partial charge in [0.1, 0.15) is 5.75 Å². The summed E-state index contributed by atoms with van der Waals surface area (Å²) in [6.45, 7) is 2.45. The molecule has 0 unspecified atom stereocenters. The standard InChI is InChI=1S/C19H27ClN2O3/c1-2-10-21-18(23)12-22-19(24)13-25-17-9-8-15(20)11-16(17)14-6-4-3-5-7-14/h8-9,11,14H,2-7,10,12-13H2,1H3,(H,21,23)(H,22,24). The maximum Gasteiger partial charge on any atom is 0.258 e. The summed E-state index contributed by atoms with van der Waals surface area (Å²) in [7, 11) is 0. The van der Waals surface area contributed by atoms with Crippen molar-refractivity contribution >= 4 is 23.4 Å². The molecule has 0 aromatic heterocycles. The number of hydrogen-bond acceptors (Lipinski definition) is 3. The van der Waals surface area contributed by atoms with Gasteiger partial charge in [-0.3, -0.25) is 9.59 Å². The molecule has 0 saturated heterocycles. The van der Waals surface area contributed by atoms with Crippen LogP contribution in [0.25, 0.3) is 0 Å². The van der Waals surface area contributed by atoms with E-state index in [0.717, 1.165) is 24.8 Å². The SMILES string of the molecule is CCCNC(=O)CNC(=O)COc1ccc(Cl)cc1C1CCCCC1. The van der Waals surface area contributed by atoms with Crippen LogP contribution in [0.4, 0.5) is 0 Å². The summed E-state index contributed by atoms with van der Waals surface area (Å²) in [5.41, 5.74) is 1.08. The topological polar surface area (TPSA) is 67.4 Å². The maximum absolute atomic E-state index is 11.9. The Balaban J connectivity index is 1.87. The minimum absolute atomic E-state index is 0.0295. The van der Waals surface area contributed by atoms with Gasteiger partial charge in [-0.25, -0.2) is 0 Å². The minimum Gasteiger partial charge on any atom is -0.483 e. The molecule has 0 aliphatic heterocycles. The molecule has 25 heavy (non-hydrogen) atoms. The van der Waals surface area contributed by atoms with Crippen molar-refractivity contribution < 1.29 is 14.3 Å². The number of halogens is 1. The Morgan fingerprint density at radius 3 is 2.64 bits per heavy atom. The summed E-state index contributed by atoms with van der Waals surface area (Å²) in [5, 5.41) is 5.97. The molecule has 1 aliphatic carbocycles. The van der Waals surface area contributed by atoms with Crippen molar-refractivity contribution in [3.63, 3.8) is 0 Å². The highest BCUT2D eigenvalue weighted by atomic mass is 35.5. The van der Waals surface area contributed by atoms with E-state index >= 15 is 0 Å². The van der Waals surface area contributed by atoms with Crippen molar-refractivity contribution in [3.05, 3.63) is 28.8 Å². The predicted molar refractivity (Wildman–Crippen MR) is 99.1 cm³/mol. The second-order valence-corrected chi connectivity index (χ2v) is 6.87. The van der Waals surface area contributed by atoms with Gasteiger partial charge in [0.15, 0.2) is 6.61 Å². The fourth-order valence-electron chi connectivity index (χ4n) is 3.08. The van der Waals surface area contributed by atoms with E-state index in [2.05, 4.69) is 10.6 Å². The van der Waals surface area contributed by atoms with Crippen molar-refractivity contribution in [2.24, 2.45) is 0 Å². The van der Waals surface area contributed by atoms with Gasteiger partial charge >= 0.3 is 0 Å². The summed E-state index contributed by atoms with van der Waals surface area (Å²) in [5.74, 6) is 0.646.